The highest BCUT2D eigenvalue weighted by Gasteiger charge is 2.63. The quantitative estimate of drug-likeness (QED) is 0.592. The molecule has 0 aliphatic carbocycles. The van der Waals surface area contributed by atoms with Crippen molar-refractivity contribution in [2.75, 3.05) is 0 Å². The van der Waals surface area contributed by atoms with Gasteiger partial charge in [-0.25, -0.2) is 0 Å². The molecule has 0 heterocycles. The van der Waals surface area contributed by atoms with E-state index in [-0.39, 0.29) is 5.56 Å². The van der Waals surface area contributed by atoms with Gasteiger partial charge in [-0.05, 0) is 6.42 Å². The molecule has 18 heavy (non-hydrogen) atoms. The smallest absolute Gasteiger partial charge is 0.294 e. The molecule has 100 valence electrons. The molecular formula is C12H11F5O. The lowest BCUT2D eigenvalue weighted by Gasteiger charge is -2.26. The Labute approximate surface area is 101 Å². The molecule has 1 unspecified atom stereocenters. The van der Waals surface area contributed by atoms with Crippen LogP contribution in [0.1, 0.15) is 23.7 Å². The summed E-state index contributed by atoms with van der Waals surface area (Å²) in [6, 6.07) is 6.80. The minimum Gasteiger partial charge on any atom is -0.294 e. The summed E-state index contributed by atoms with van der Waals surface area (Å²) < 4.78 is 63.1. The van der Waals surface area contributed by atoms with Crippen LogP contribution in [0.25, 0.3) is 0 Å². The first-order chi connectivity index (χ1) is 8.21. The highest BCUT2D eigenvalue weighted by Crippen LogP contribution is 2.43. The summed E-state index contributed by atoms with van der Waals surface area (Å²) in [5, 5.41) is 0. The molecular weight excluding hydrogens is 255 g/mol. The largest absolute Gasteiger partial charge is 0.454 e. The molecule has 0 fully saturated rings. The van der Waals surface area contributed by atoms with Crippen molar-refractivity contribution < 1.29 is 26.7 Å². The van der Waals surface area contributed by atoms with E-state index in [2.05, 4.69) is 0 Å². The van der Waals surface area contributed by atoms with Gasteiger partial charge in [0.25, 0.3) is 0 Å². The fraction of sp³-hybridized carbons (Fsp3) is 0.417. The summed E-state index contributed by atoms with van der Waals surface area (Å²) in [7, 11) is 0. The molecule has 0 bridgehead atoms. The maximum atomic E-state index is 13.2. The Balaban J connectivity index is 3.09. The van der Waals surface area contributed by atoms with E-state index in [9.17, 15) is 26.7 Å². The van der Waals surface area contributed by atoms with Gasteiger partial charge < -0.3 is 0 Å². The minimum atomic E-state index is -5.72. The number of alkyl halides is 5. The second-order valence-corrected chi connectivity index (χ2v) is 3.81. The zero-order valence-electron chi connectivity index (χ0n) is 9.47. The second kappa shape index (κ2) is 5.04. The molecule has 1 aromatic rings. The molecule has 0 aliphatic heterocycles. The second-order valence-electron chi connectivity index (χ2n) is 3.81. The third kappa shape index (κ3) is 2.68. The van der Waals surface area contributed by atoms with Crippen molar-refractivity contribution in [2.45, 2.75) is 25.4 Å². The summed E-state index contributed by atoms with van der Waals surface area (Å²) in [5.74, 6) is -8.60. The first-order valence-electron chi connectivity index (χ1n) is 5.25. The number of hydrogen-bond acceptors (Lipinski definition) is 1. The first kappa shape index (κ1) is 14.6. The molecule has 0 saturated heterocycles. The number of carbonyl (C=O) groups excluding carboxylic acids is 1. The Kier molecular flexibility index (Phi) is 4.09. The summed E-state index contributed by atoms with van der Waals surface area (Å²) in [6.45, 7) is 1.13. The van der Waals surface area contributed by atoms with E-state index >= 15 is 0 Å². The molecule has 0 aliphatic rings. The van der Waals surface area contributed by atoms with Crippen LogP contribution in [0, 0.1) is 5.92 Å². The number of benzene rings is 1. The zero-order chi connectivity index (χ0) is 14.0. The average Bonchev–Trinajstić information content (AvgIpc) is 2.29. The standard InChI is InChI=1S/C12H11F5O/c1-2-9(11(13,14)12(15,16)17)10(18)8-6-4-3-5-7-8/h3-7,9H,2H2,1H3. The van der Waals surface area contributed by atoms with Crippen LogP contribution in [0.15, 0.2) is 30.3 Å². The monoisotopic (exact) mass is 266 g/mol. The van der Waals surface area contributed by atoms with E-state index in [1.165, 1.54) is 24.3 Å². The predicted octanol–water partition coefficient (Wildman–Crippen LogP) is 4.09. The van der Waals surface area contributed by atoms with E-state index in [1.54, 1.807) is 6.07 Å². The molecule has 0 amide bonds. The van der Waals surface area contributed by atoms with E-state index in [1.807, 2.05) is 0 Å². The van der Waals surface area contributed by atoms with E-state index in [4.69, 9.17) is 0 Å². The fourth-order valence-electron chi connectivity index (χ4n) is 1.61. The number of Topliss-reactive ketones (excluding diaryl/α,β-unsaturated/α-hetero) is 1. The van der Waals surface area contributed by atoms with Gasteiger partial charge in [-0.2, -0.15) is 22.0 Å². The normalized spacial score (nSPS) is 14.3. The zero-order valence-corrected chi connectivity index (χ0v) is 9.47. The maximum Gasteiger partial charge on any atom is 0.454 e. The molecule has 0 N–H and O–H groups in total. The Morgan fingerprint density at radius 1 is 1.11 bits per heavy atom. The molecule has 1 atom stereocenters. The summed E-state index contributed by atoms with van der Waals surface area (Å²) in [4.78, 5) is 11.7. The van der Waals surface area contributed by atoms with Crippen molar-refractivity contribution in [1.29, 1.82) is 0 Å². The van der Waals surface area contributed by atoms with Crippen molar-refractivity contribution in [1.82, 2.24) is 0 Å². The predicted molar refractivity (Wildman–Crippen MR) is 55.6 cm³/mol. The molecule has 0 spiro atoms. The lowest BCUT2D eigenvalue weighted by molar-refractivity contribution is -0.295. The van der Waals surface area contributed by atoms with Crippen LogP contribution >= 0.6 is 0 Å². The lowest BCUT2D eigenvalue weighted by Crippen LogP contribution is -2.46. The van der Waals surface area contributed by atoms with Crippen molar-refractivity contribution in [3.05, 3.63) is 35.9 Å². The van der Waals surface area contributed by atoms with E-state index < -0.39 is 30.2 Å². The number of halogens is 5. The van der Waals surface area contributed by atoms with Gasteiger partial charge in [0.05, 0.1) is 5.92 Å². The van der Waals surface area contributed by atoms with Gasteiger partial charge >= 0.3 is 12.1 Å². The van der Waals surface area contributed by atoms with Crippen LogP contribution in [0.2, 0.25) is 0 Å². The van der Waals surface area contributed by atoms with E-state index in [0.29, 0.717) is 0 Å². The van der Waals surface area contributed by atoms with E-state index in [0.717, 1.165) is 6.92 Å². The fourth-order valence-corrected chi connectivity index (χ4v) is 1.61. The Hall–Kier alpha value is -1.46. The molecule has 1 rings (SSSR count). The maximum absolute atomic E-state index is 13.2. The van der Waals surface area contributed by atoms with Gasteiger partial charge in [0.15, 0.2) is 5.78 Å². The van der Waals surface area contributed by atoms with Crippen molar-refractivity contribution in [3.8, 4) is 0 Å². The van der Waals surface area contributed by atoms with Crippen LogP contribution in [0.3, 0.4) is 0 Å². The third-order valence-corrected chi connectivity index (χ3v) is 2.60. The summed E-state index contributed by atoms with van der Waals surface area (Å²) in [5.41, 5.74) is -0.145. The topological polar surface area (TPSA) is 17.1 Å². The van der Waals surface area contributed by atoms with Gasteiger partial charge in [0.1, 0.15) is 0 Å². The number of rotatable bonds is 4. The SMILES string of the molecule is CCC(C(=O)c1ccccc1)C(F)(F)C(F)(F)F. The van der Waals surface area contributed by atoms with Crippen LogP contribution in [0.5, 0.6) is 0 Å². The highest BCUT2D eigenvalue weighted by atomic mass is 19.4. The van der Waals surface area contributed by atoms with Crippen LogP contribution in [-0.2, 0) is 0 Å². The molecule has 1 aromatic carbocycles. The van der Waals surface area contributed by atoms with Gasteiger partial charge in [0, 0.05) is 5.56 Å². The Morgan fingerprint density at radius 3 is 2.00 bits per heavy atom. The van der Waals surface area contributed by atoms with Crippen LogP contribution < -0.4 is 0 Å². The molecule has 1 nitrogen and oxygen atoms in total. The van der Waals surface area contributed by atoms with Crippen molar-refractivity contribution in [2.24, 2.45) is 5.92 Å². The van der Waals surface area contributed by atoms with Crippen LogP contribution in [0.4, 0.5) is 22.0 Å². The van der Waals surface area contributed by atoms with Gasteiger partial charge in [-0.1, -0.05) is 37.3 Å². The Bertz CT molecular complexity index is 410. The number of ketones is 1. The summed E-state index contributed by atoms with van der Waals surface area (Å²) in [6.07, 6.45) is -6.31. The van der Waals surface area contributed by atoms with Gasteiger partial charge in [-0.3, -0.25) is 4.79 Å². The van der Waals surface area contributed by atoms with Crippen molar-refractivity contribution >= 4 is 5.78 Å². The van der Waals surface area contributed by atoms with Gasteiger partial charge in [0.2, 0.25) is 0 Å². The van der Waals surface area contributed by atoms with Crippen LogP contribution in [-0.4, -0.2) is 17.9 Å². The average molecular weight is 266 g/mol. The molecule has 6 heteroatoms. The minimum absolute atomic E-state index is 0.145. The van der Waals surface area contributed by atoms with Gasteiger partial charge in [-0.15, -0.1) is 0 Å². The molecule has 0 saturated carbocycles. The summed E-state index contributed by atoms with van der Waals surface area (Å²) >= 11 is 0. The number of hydrogen-bond donors (Lipinski definition) is 0. The molecule has 0 aromatic heterocycles. The number of carbonyl (C=O) groups is 1. The third-order valence-electron chi connectivity index (χ3n) is 2.60. The Morgan fingerprint density at radius 2 is 1.61 bits per heavy atom. The molecule has 0 radical (unpaired) electrons. The lowest BCUT2D eigenvalue weighted by atomic mass is 9.89. The first-order valence-corrected chi connectivity index (χ1v) is 5.25. The van der Waals surface area contributed by atoms with Crippen molar-refractivity contribution in [3.63, 3.8) is 0 Å². The highest BCUT2D eigenvalue weighted by molar-refractivity contribution is 5.98.